The quantitative estimate of drug-likeness (QED) is 0.0107. The average Bonchev–Trinajstić information content (AvgIpc) is 2.99. The molecule has 476 valence electrons. The summed E-state index contributed by atoms with van der Waals surface area (Å²) < 4.78 is 56.5. The SMILES string of the molecule is C=CC(=O)OCCCCOC(=O)C1CCC(C(=O)OC2CCC(C(=O)Oc3ccc(OC(=O)C4CCC(OC(=O)C5CCC(C(=O)OCCCCOC(=O)C=C)CC5)CC4)c(/C=N/N(CCOCCOC(=O)C=C)c4nc5ccccc5s4)c3)CC2)CC1. The summed E-state index contributed by atoms with van der Waals surface area (Å²) in [7, 11) is 0. The number of esters is 9. The number of rotatable bonds is 32. The summed E-state index contributed by atoms with van der Waals surface area (Å²) in [5, 5.41) is 6.99. The molecule has 0 amide bonds. The third kappa shape index (κ3) is 21.8. The first kappa shape index (κ1) is 67.7. The lowest BCUT2D eigenvalue weighted by atomic mass is 9.82. The summed E-state index contributed by atoms with van der Waals surface area (Å²) in [4.78, 5) is 119. The van der Waals surface area contributed by atoms with Gasteiger partial charge in [-0.25, -0.2) is 24.4 Å². The lowest BCUT2D eigenvalue weighted by Gasteiger charge is -2.30. The Labute approximate surface area is 516 Å². The van der Waals surface area contributed by atoms with Crippen LogP contribution in [0.4, 0.5) is 5.13 Å². The number of hydrogen-bond acceptors (Lipinski definition) is 23. The minimum absolute atomic E-state index is 0.0227. The third-order valence-corrected chi connectivity index (χ3v) is 17.1. The van der Waals surface area contributed by atoms with E-state index in [1.807, 2.05) is 24.3 Å². The molecule has 0 radical (unpaired) electrons. The van der Waals surface area contributed by atoms with Gasteiger partial charge in [0.05, 0.1) is 98.1 Å². The van der Waals surface area contributed by atoms with E-state index < -0.39 is 41.7 Å². The second-order valence-electron chi connectivity index (χ2n) is 22.3. The molecule has 0 saturated heterocycles. The second kappa shape index (κ2) is 35.9. The molecule has 0 spiro atoms. The maximum absolute atomic E-state index is 14.0. The van der Waals surface area contributed by atoms with Crippen LogP contribution >= 0.6 is 11.3 Å². The fourth-order valence-electron chi connectivity index (χ4n) is 10.9. The summed E-state index contributed by atoms with van der Waals surface area (Å²) in [5.74, 6) is -5.63. The number of para-hydroxylation sites is 1. The Hall–Kier alpha value is -7.79. The predicted octanol–water partition coefficient (Wildman–Crippen LogP) is 9.62. The second-order valence-corrected chi connectivity index (χ2v) is 23.3. The van der Waals surface area contributed by atoms with Crippen molar-refractivity contribution in [2.24, 2.45) is 40.6 Å². The monoisotopic (exact) mass is 1240 g/mol. The first-order valence-electron chi connectivity index (χ1n) is 30.6. The molecule has 4 aliphatic carbocycles. The van der Waals surface area contributed by atoms with Gasteiger partial charge in [0.1, 0.15) is 30.3 Å². The average molecular weight is 1240 g/mol. The van der Waals surface area contributed by atoms with Crippen molar-refractivity contribution in [3.63, 3.8) is 0 Å². The molecule has 88 heavy (non-hydrogen) atoms. The molecule has 3 aromatic rings. The topological polar surface area (TPSA) is 274 Å². The number of benzene rings is 2. The van der Waals surface area contributed by atoms with Gasteiger partial charge in [-0.3, -0.25) is 28.8 Å². The number of nitrogens with zero attached hydrogens (tertiary/aromatic N) is 3. The van der Waals surface area contributed by atoms with E-state index in [-0.39, 0.29) is 124 Å². The van der Waals surface area contributed by atoms with Crippen LogP contribution in [0, 0.1) is 35.5 Å². The van der Waals surface area contributed by atoms with Crippen molar-refractivity contribution in [1.29, 1.82) is 0 Å². The molecule has 2 aromatic carbocycles. The molecule has 0 atom stereocenters. The van der Waals surface area contributed by atoms with Crippen LogP contribution in [0.5, 0.6) is 11.5 Å². The molecule has 7 rings (SSSR count). The molecule has 0 N–H and O–H groups in total. The summed E-state index contributed by atoms with van der Waals surface area (Å²) in [6.45, 7) is 11.5. The molecule has 1 aromatic heterocycles. The van der Waals surface area contributed by atoms with Crippen LogP contribution in [-0.4, -0.2) is 130 Å². The zero-order valence-corrected chi connectivity index (χ0v) is 50.7. The van der Waals surface area contributed by atoms with Crippen LogP contribution in [0.1, 0.15) is 134 Å². The van der Waals surface area contributed by atoms with Gasteiger partial charge >= 0.3 is 53.7 Å². The van der Waals surface area contributed by atoms with Crippen LogP contribution in [0.15, 0.2) is 85.5 Å². The molecular formula is C65H81N3O19S. The first-order valence-corrected chi connectivity index (χ1v) is 31.5. The van der Waals surface area contributed by atoms with Crippen molar-refractivity contribution in [3.8, 4) is 11.5 Å². The van der Waals surface area contributed by atoms with E-state index in [2.05, 4.69) is 19.7 Å². The van der Waals surface area contributed by atoms with Gasteiger partial charge in [-0.15, -0.1) is 0 Å². The van der Waals surface area contributed by atoms with Crippen molar-refractivity contribution in [1.82, 2.24) is 4.98 Å². The Bertz CT molecular complexity index is 2880. The predicted molar refractivity (Wildman–Crippen MR) is 322 cm³/mol. The van der Waals surface area contributed by atoms with Gasteiger partial charge in [0.2, 0.25) is 5.13 Å². The van der Waals surface area contributed by atoms with Crippen molar-refractivity contribution in [2.45, 2.75) is 141 Å². The van der Waals surface area contributed by atoms with Crippen molar-refractivity contribution in [3.05, 3.63) is 86.0 Å². The number of carbonyl (C=O) groups excluding carboxylic acids is 9. The molecule has 1 heterocycles. The Kier molecular flexibility index (Phi) is 27.6. The fourth-order valence-corrected chi connectivity index (χ4v) is 11.9. The number of hydrazone groups is 1. The van der Waals surface area contributed by atoms with E-state index in [0.717, 1.165) is 28.4 Å². The van der Waals surface area contributed by atoms with Gasteiger partial charge in [0, 0.05) is 23.8 Å². The van der Waals surface area contributed by atoms with E-state index in [9.17, 15) is 43.2 Å². The van der Waals surface area contributed by atoms with Gasteiger partial charge in [0.15, 0.2) is 0 Å². The van der Waals surface area contributed by atoms with E-state index in [1.165, 1.54) is 17.6 Å². The van der Waals surface area contributed by atoms with E-state index >= 15 is 0 Å². The van der Waals surface area contributed by atoms with Crippen LogP contribution in [0.2, 0.25) is 0 Å². The molecule has 4 fully saturated rings. The van der Waals surface area contributed by atoms with Crippen LogP contribution in [0.25, 0.3) is 10.2 Å². The van der Waals surface area contributed by atoms with Gasteiger partial charge in [0.25, 0.3) is 0 Å². The van der Waals surface area contributed by atoms with E-state index in [0.29, 0.717) is 139 Å². The molecule has 23 heteroatoms. The molecule has 22 nitrogen and oxygen atoms in total. The van der Waals surface area contributed by atoms with E-state index in [1.54, 1.807) is 23.2 Å². The summed E-state index contributed by atoms with van der Waals surface area (Å²) in [6.07, 6.45) is 13.8. The fraction of sp³-hybridized carbons (Fsp3) is 0.554. The standard InChI is InChI=1S/C65H81N3O19S/c1-4-56(69)79-34-9-11-36-82-59(72)43-15-19-45(20-16-43)61(74)84-50-27-23-47(24-28-50)63(76)86-52-31-32-54(49(41-52)42-66-68(33-38-78-39-40-81-58(71)6-3)65-67-53-13-7-8-14-55(53)88-65)87-64(77)48-25-29-51(30-26-48)85-62(75)46-21-17-44(18-22-46)60(73)83-37-12-10-35-80-57(70)5-2/h4-8,13-14,31-32,41-48,50-51H,1-3,9-12,15-30,33-40H2/b66-42+. The summed E-state index contributed by atoms with van der Waals surface area (Å²) in [6, 6.07) is 12.3. The smallest absolute Gasteiger partial charge is 0.330 e. The largest absolute Gasteiger partial charge is 0.465 e. The van der Waals surface area contributed by atoms with Gasteiger partial charge in [-0.1, -0.05) is 43.2 Å². The van der Waals surface area contributed by atoms with Crippen LogP contribution in [-0.2, 0) is 81.0 Å². The Morgan fingerprint density at radius 3 is 1.41 bits per heavy atom. The molecule has 0 bridgehead atoms. The van der Waals surface area contributed by atoms with E-state index in [4.69, 9.17) is 57.5 Å². The number of aromatic nitrogens is 1. The Morgan fingerprint density at radius 2 is 0.920 bits per heavy atom. The summed E-state index contributed by atoms with van der Waals surface area (Å²) >= 11 is 1.41. The number of unbranched alkanes of at least 4 members (excludes halogenated alkanes) is 2. The van der Waals surface area contributed by atoms with Crippen molar-refractivity contribution in [2.75, 3.05) is 57.8 Å². The molecule has 0 aliphatic heterocycles. The highest BCUT2D eigenvalue weighted by atomic mass is 32.1. The van der Waals surface area contributed by atoms with Gasteiger partial charge in [-0.2, -0.15) is 5.10 Å². The zero-order valence-electron chi connectivity index (χ0n) is 49.9. The molecule has 4 aliphatic rings. The number of fused-ring (bicyclic) bond motifs is 1. The normalized spacial score (nSPS) is 21.8. The lowest BCUT2D eigenvalue weighted by molar-refractivity contribution is -0.161. The minimum atomic E-state index is -0.565. The van der Waals surface area contributed by atoms with Crippen molar-refractivity contribution >= 4 is 86.6 Å². The maximum Gasteiger partial charge on any atom is 0.330 e. The third-order valence-electron chi connectivity index (χ3n) is 16.1. The lowest BCUT2D eigenvalue weighted by Crippen LogP contribution is -2.33. The van der Waals surface area contributed by atoms with Crippen molar-refractivity contribution < 1.29 is 90.5 Å². The zero-order chi connectivity index (χ0) is 62.6. The Balaban J connectivity index is 0.918. The number of anilines is 1. The highest BCUT2D eigenvalue weighted by Crippen LogP contribution is 2.37. The van der Waals surface area contributed by atoms with Crippen LogP contribution in [0.3, 0.4) is 0 Å². The minimum Gasteiger partial charge on any atom is -0.465 e. The van der Waals surface area contributed by atoms with Gasteiger partial charge < -0.3 is 47.4 Å². The highest BCUT2D eigenvalue weighted by molar-refractivity contribution is 7.22. The van der Waals surface area contributed by atoms with Gasteiger partial charge in [-0.05, 0) is 159 Å². The molecular weight excluding hydrogens is 1160 g/mol. The number of carbonyl (C=O) groups is 9. The van der Waals surface area contributed by atoms with Crippen LogP contribution < -0.4 is 14.5 Å². The number of thiazole rings is 1. The number of hydrogen-bond donors (Lipinski definition) is 0. The Morgan fingerprint density at radius 1 is 0.489 bits per heavy atom. The number of ether oxygens (including phenoxy) is 10. The molecule has 0 unspecified atom stereocenters. The highest BCUT2D eigenvalue weighted by Gasteiger charge is 2.37. The molecule has 4 saturated carbocycles. The summed E-state index contributed by atoms with van der Waals surface area (Å²) in [5.41, 5.74) is 1.08. The maximum atomic E-state index is 14.0. The first-order chi connectivity index (χ1) is 42.7.